The Morgan fingerprint density at radius 3 is 3.12 bits per heavy atom. The van der Waals surface area contributed by atoms with Crippen LogP contribution in [0.1, 0.15) is 59.1 Å². The number of pyridine rings is 1. The van der Waals surface area contributed by atoms with Gasteiger partial charge in [0.05, 0.1) is 6.20 Å². The third kappa shape index (κ3) is 2.58. The maximum Gasteiger partial charge on any atom is 0.276 e. The van der Waals surface area contributed by atoms with E-state index in [1.165, 1.54) is 0 Å². The van der Waals surface area contributed by atoms with E-state index in [2.05, 4.69) is 21.4 Å². The Hall–Kier alpha value is -2.70. The van der Waals surface area contributed by atoms with Gasteiger partial charge in [-0.1, -0.05) is 5.16 Å². The lowest BCUT2D eigenvalue weighted by molar-refractivity contribution is 0.0694. The summed E-state index contributed by atoms with van der Waals surface area (Å²) in [6, 6.07) is 4.09. The molecule has 1 aliphatic carbocycles. The zero-order chi connectivity index (χ0) is 17.5. The Labute approximate surface area is 150 Å². The maximum absolute atomic E-state index is 13.0. The first kappa shape index (κ1) is 15.5. The zero-order valence-electron chi connectivity index (χ0n) is 14.6. The first-order valence-electron chi connectivity index (χ1n) is 9.36. The number of nitrogens with one attached hydrogen (secondary N) is 1. The number of aromatic amines is 1. The van der Waals surface area contributed by atoms with Crippen molar-refractivity contribution < 1.29 is 9.32 Å². The average molecular weight is 351 g/mol. The molecule has 3 aromatic heterocycles. The summed E-state index contributed by atoms with van der Waals surface area (Å²) in [5, 5.41) is 12.1. The number of aromatic nitrogens is 4. The third-order valence-corrected chi connectivity index (χ3v) is 5.60. The fraction of sp³-hybridized carbons (Fsp3) is 0.474. The van der Waals surface area contributed by atoms with Gasteiger partial charge < -0.3 is 9.42 Å². The first-order valence-corrected chi connectivity index (χ1v) is 9.36. The monoisotopic (exact) mass is 351 g/mol. The highest BCUT2D eigenvalue weighted by molar-refractivity contribution is 5.94. The number of piperidine rings is 1. The van der Waals surface area contributed by atoms with Gasteiger partial charge in [0.15, 0.2) is 11.3 Å². The van der Waals surface area contributed by atoms with Crippen LogP contribution in [-0.4, -0.2) is 44.2 Å². The van der Waals surface area contributed by atoms with Gasteiger partial charge in [-0.3, -0.25) is 9.89 Å². The number of amides is 1. The van der Waals surface area contributed by atoms with Crippen LogP contribution in [0.15, 0.2) is 22.9 Å². The van der Waals surface area contributed by atoms with Crippen LogP contribution in [0.2, 0.25) is 0 Å². The minimum Gasteiger partial charge on any atom is -0.360 e. The highest BCUT2D eigenvalue weighted by atomic mass is 16.5. The summed E-state index contributed by atoms with van der Waals surface area (Å²) in [5.41, 5.74) is 3.37. The van der Waals surface area contributed by atoms with E-state index < -0.39 is 0 Å². The predicted molar refractivity (Wildman–Crippen MR) is 94.9 cm³/mol. The summed E-state index contributed by atoms with van der Waals surface area (Å²) < 4.78 is 5.43. The average Bonchev–Trinajstić information content (AvgIpc) is 3.33. The second-order valence-electron chi connectivity index (χ2n) is 7.27. The van der Waals surface area contributed by atoms with E-state index in [0.717, 1.165) is 73.1 Å². The van der Waals surface area contributed by atoms with Gasteiger partial charge in [-0.2, -0.15) is 5.10 Å². The second kappa shape index (κ2) is 6.23. The van der Waals surface area contributed by atoms with Gasteiger partial charge in [-0.25, -0.2) is 4.98 Å². The number of nitrogens with zero attached hydrogens (tertiary/aromatic N) is 4. The lowest BCUT2D eigenvalue weighted by atomic mass is 9.92. The van der Waals surface area contributed by atoms with Crippen LogP contribution >= 0.6 is 0 Å². The number of hydrogen-bond donors (Lipinski definition) is 1. The van der Waals surface area contributed by atoms with Crippen molar-refractivity contribution in [3.63, 3.8) is 0 Å². The lowest BCUT2D eigenvalue weighted by Gasteiger charge is -2.32. The maximum atomic E-state index is 13.0. The van der Waals surface area contributed by atoms with E-state index >= 15 is 0 Å². The molecule has 1 fully saturated rings. The highest BCUT2D eigenvalue weighted by Gasteiger charge is 2.31. The van der Waals surface area contributed by atoms with Crippen molar-refractivity contribution in [2.75, 3.05) is 13.1 Å². The van der Waals surface area contributed by atoms with Crippen LogP contribution in [0.25, 0.3) is 11.0 Å². The minimum absolute atomic E-state index is 0.00391. The smallest absolute Gasteiger partial charge is 0.276 e. The fourth-order valence-corrected chi connectivity index (χ4v) is 4.17. The van der Waals surface area contributed by atoms with Crippen LogP contribution in [0, 0.1) is 0 Å². The number of rotatable bonds is 2. The molecule has 1 unspecified atom stereocenters. The van der Waals surface area contributed by atoms with Gasteiger partial charge in [0.25, 0.3) is 5.91 Å². The Bertz CT molecular complexity index is 960. The molecule has 0 spiro atoms. The molecule has 1 amide bonds. The number of likely N-dealkylation sites (tertiary alicyclic amines) is 1. The van der Waals surface area contributed by atoms with Gasteiger partial charge in [0, 0.05) is 42.1 Å². The number of H-pyrrole nitrogens is 1. The highest BCUT2D eigenvalue weighted by Crippen LogP contribution is 2.30. The molecule has 1 atom stereocenters. The van der Waals surface area contributed by atoms with E-state index in [9.17, 15) is 4.79 Å². The Kier molecular flexibility index (Phi) is 3.72. The van der Waals surface area contributed by atoms with E-state index in [1.807, 2.05) is 11.0 Å². The molecule has 1 saturated heterocycles. The molecule has 7 nitrogen and oxygen atoms in total. The topological polar surface area (TPSA) is 87.9 Å². The summed E-state index contributed by atoms with van der Waals surface area (Å²) in [4.78, 5) is 19.7. The van der Waals surface area contributed by atoms with Gasteiger partial charge in [0.2, 0.25) is 0 Å². The summed E-state index contributed by atoms with van der Waals surface area (Å²) in [6.45, 7) is 1.44. The van der Waals surface area contributed by atoms with Crippen LogP contribution in [0.3, 0.4) is 0 Å². The van der Waals surface area contributed by atoms with Crippen LogP contribution in [0.5, 0.6) is 0 Å². The van der Waals surface area contributed by atoms with Crippen molar-refractivity contribution >= 4 is 16.9 Å². The Morgan fingerprint density at radius 2 is 2.15 bits per heavy atom. The van der Waals surface area contributed by atoms with Crippen LogP contribution < -0.4 is 0 Å². The molecule has 3 aromatic rings. The van der Waals surface area contributed by atoms with Crippen molar-refractivity contribution in [3.8, 4) is 0 Å². The Balaban J connectivity index is 1.38. The number of hydrogen-bond acceptors (Lipinski definition) is 5. The second-order valence-corrected chi connectivity index (χ2v) is 7.27. The van der Waals surface area contributed by atoms with Crippen molar-refractivity contribution in [1.82, 2.24) is 25.2 Å². The molecule has 26 heavy (non-hydrogen) atoms. The summed E-state index contributed by atoms with van der Waals surface area (Å²) in [6.07, 6.45) is 7.79. The number of carbonyl (C=O) groups excluding carboxylic acids is 1. The standard InChI is InChI=1S/C19H21N5O2/c25-19(17-14-5-1-2-6-16(14)26-23-17)24-9-3-4-13(11-24)15-8-7-12-10-20-22-18(12)21-15/h7-8,10,13H,1-6,9,11H2,(H,20,21,22). The van der Waals surface area contributed by atoms with E-state index in [1.54, 1.807) is 6.20 Å². The number of carbonyl (C=O) groups is 1. The van der Waals surface area contributed by atoms with Gasteiger partial charge >= 0.3 is 0 Å². The lowest BCUT2D eigenvalue weighted by Crippen LogP contribution is -2.39. The van der Waals surface area contributed by atoms with Crippen molar-refractivity contribution in [2.24, 2.45) is 0 Å². The van der Waals surface area contributed by atoms with E-state index in [4.69, 9.17) is 9.51 Å². The van der Waals surface area contributed by atoms with Crippen molar-refractivity contribution in [1.29, 1.82) is 0 Å². The zero-order valence-corrected chi connectivity index (χ0v) is 14.6. The quantitative estimate of drug-likeness (QED) is 0.767. The van der Waals surface area contributed by atoms with Gasteiger partial charge in [-0.15, -0.1) is 0 Å². The number of aryl methyl sites for hydroxylation is 1. The molecule has 0 saturated carbocycles. The normalized spacial score (nSPS) is 20.3. The number of fused-ring (bicyclic) bond motifs is 2. The van der Waals surface area contributed by atoms with Crippen molar-refractivity contribution in [3.05, 3.63) is 41.0 Å². The molecule has 1 aliphatic heterocycles. The van der Waals surface area contributed by atoms with Crippen molar-refractivity contribution in [2.45, 2.75) is 44.4 Å². The largest absolute Gasteiger partial charge is 0.360 e. The molecule has 4 heterocycles. The minimum atomic E-state index is 0.00391. The molecule has 7 heteroatoms. The molecular formula is C19H21N5O2. The van der Waals surface area contributed by atoms with Crippen LogP contribution in [-0.2, 0) is 12.8 Å². The van der Waals surface area contributed by atoms with E-state index in [-0.39, 0.29) is 11.8 Å². The molecule has 134 valence electrons. The van der Waals surface area contributed by atoms with Gasteiger partial charge in [0.1, 0.15) is 5.76 Å². The summed E-state index contributed by atoms with van der Waals surface area (Å²) in [7, 11) is 0. The molecule has 5 rings (SSSR count). The fourth-order valence-electron chi connectivity index (χ4n) is 4.17. The molecular weight excluding hydrogens is 330 g/mol. The SMILES string of the molecule is O=C(c1noc2c1CCCC2)N1CCCC(c2ccc3cn[nH]c3n2)C1. The molecule has 0 radical (unpaired) electrons. The van der Waals surface area contributed by atoms with Crippen LogP contribution in [0.4, 0.5) is 0 Å². The molecule has 0 bridgehead atoms. The summed E-state index contributed by atoms with van der Waals surface area (Å²) >= 11 is 0. The Morgan fingerprint density at radius 1 is 1.23 bits per heavy atom. The first-order chi connectivity index (χ1) is 12.8. The predicted octanol–water partition coefficient (Wildman–Crippen LogP) is 2.84. The molecule has 0 aromatic carbocycles. The molecule has 1 N–H and O–H groups in total. The van der Waals surface area contributed by atoms with Gasteiger partial charge in [-0.05, 0) is 44.2 Å². The molecule has 2 aliphatic rings. The summed E-state index contributed by atoms with van der Waals surface area (Å²) in [5.74, 6) is 1.15. The third-order valence-electron chi connectivity index (χ3n) is 5.60. The van der Waals surface area contributed by atoms with E-state index in [0.29, 0.717) is 12.2 Å².